The number of hydrogen-bond acceptors (Lipinski definition) is 3. The van der Waals surface area contributed by atoms with Crippen LogP contribution in [0.1, 0.15) is 18.1 Å². The molecular weight excluding hydrogens is 192 g/mol. The Kier molecular flexibility index (Phi) is 3.82. The number of benzene rings is 1. The molecule has 1 aromatic carbocycles. The molecule has 1 amide bonds. The van der Waals surface area contributed by atoms with Gasteiger partial charge >= 0.3 is 0 Å². The van der Waals surface area contributed by atoms with E-state index in [2.05, 4.69) is 10.2 Å². The number of aryl methyl sites for hydroxylation is 1. The standard InChI is InChI=1S/C11H16N2O2/c1-7-5-4-6-10(8(7)2)13-11(14)9(3)15-12/h4-6,9H,12H2,1-3H3,(H,13,14). The topological polar surface area (TPSA) is 64.3 Å². The molecular formula is C11H16N2O2. The van der Waals surface area contributed by atoms with E-state index < -0.39 is 6.10 Å². The Morgan fingerprint density at radius 1 is 1.47 bits per heavy atom. The van der Waals surface area contributed by atoms with Crippen LogP contribution < -0.4 is 11.2 Å². The lowest BCUT2D eigenvalue weighted by atomic mass is 10.1. The van der Waals surface area contributed by atoms with Gasteiger partial charge < -0.3 is 5.32 Å². The van der Waals surface area contributed by atoms with Gasteiger partial charge in [0.2, 0.25) is 0 Å². The van der Waals surface area contributed by atoms with Crippen molar-refractivity contribution in [3.63, 3.8) is 0 Å². The number of carbonyl (C=O) groups is 1. The summed E-state index contributed by atoms with van der Waals surface area (Å²) in [5, 5.41) is 2.76. The van der Waals surface area contributed by atoms with Gasteiger partial charge in [0.15, 0.2) is 6.10 Å². The first-order chi connectivity index (χ1) is 7.06. The minimum atomic E-state index is -0.648. The highest BCUT2D eigenvalue weighted by Gasteiger charge is 2.13. The number of rotatable bonds is 3. The zero-order chi connectivity index (χ0) is 11.4. The zero-order valence-electron chi connectivity index (χ0n) is 9.20. The van der Waals surface area contributed by atoms with Gasteiger partial charge in [-0.2, -0.15) is 0 Å². The normalized spacial score (nSPS) is 12.3. The van der Waals surface area contributed by atoms with Gasteiger partial charge in [0, 0.05) is 5.69 Å². The Morgan fingerprint density at radius 3 is 2.73 bits per heavy atom. The van der Waals surface area contributed by atoms with E-state index in [-0.39, 0.29) is 5.91 Å². The minimum Gasteiger partial charge on any atom is -0.324 e. The molecule has 0 bridgehead atoms. The second-order valence-electron chi connectivity index (χ2n) is 3.52. The van der Waals surface area contributed by atoms with Crippen LogP contribution in [-0.2, 0) is 9.63 Å². The first-order valence-electron chi connectivity index (χ1n) is 4.79. The van der Waals surface area contributed by atoms with E-state index in [1.54, 1.807) is 6.92 Å². The molecule has 0 heterocycles. The average molecular weight is 208 g/mol. The highest BCUT2D eigenvalue weighted by molar-refractivity contribution is 5.94. The summed E-state index contributed by atoms with van der Waals surface area (Å²) in [6.45, 7) is 5.55. The van der Waals surface area contributed by atoms with Crippen molar-refractivity contribution in [2.24, 2.45) is 5.90 Å². The summed E-state index contributed by atoms with van der Waals surface area (Å²) in [6, 6.07) is 5.74. The van der Waals surface area contributed by atoms with Gasteiger partial charge in [0.25, 0.3) is 5.91 Å². The molecule has 0 aliphatic rings. The second kappa shape index (κ2) is 4.91. The molecule has 4 nitrogen and oxygen atoms in total. The minimum absolute atomic E-state index is 0.244. The Labute approximate surface area is 89.4 Å². The number of nitrogens with two attached hydrogens (primary N) is 1. The summed E-state index contributed by atoms with van der Waals surface area (Å²) in [6.07, 6.45) is -0.648. The Hall–Kier alpha value is -1.39. The molecule has 82 valence electrons. The van der Waals surface area contributed by atoms with E-state index in [1.165, 1.54) is 0 Å². The molecule has 0 aliphatic heterocycles. The molecule has 3 N–H and O–H groups in total. The van der Waals surface area contributed by atoms with Gasteiger partial charge in [-0.25, -0.2) is 5.90 Å². The van der Waals surface area contributed by atoms with E-state index in [0.717, 1.165) is 16.8 Å². The number of nitrogens with one attached hydrogen (secondary N) is 1. The Morgan fingerprint density at radius 2 is 2.13 bits per heavy atom. The molecule has 0 aliphatic carbocycles. The molecule has 0 saturated carbocycles. The third-order valence-electron chi connectivity index (χ3n) is 2.44. The Balaban J connectivity index is 2.81. The first-order valence-corrected chi connectivity index (χ1v) is 4.79. The van der Waals surface area contributed by atoms with Crippen LogP contribution in [0.25, 0.3) is 0 Å². The van der Waals surface area contributed by atoms with Gasteiger partial charge in [-0.05, 0) is 38.0 Å². The van der Waals surface area contributed by atoms with Crippen LogP contribution in [0.5, 0.6) is 0 Å². The quantitative estimate of drug-likeness (QED) is 0.740. The molecule has 1 rings (SSSR count). The van der Waals surface area contributed by atoms with Crippen LogP contribution in [0.2, 0.25) is 0 Å². The average Bonchev–Trinajstić information content (AvgIpc) is 2.23. The van der Waals surface area contributed by atoms with Gasteiger partial charge in [-0.15, -0.1) is 0 Å². The van der Waals surface area contributed by atoms with Crippen LogP contribution in [-0.4, -0.2) is 12.0 Å². The summed E-state index contributed by atoms with van der Waals surface area (Å²) in [4.78, 5) is 15.9. The lowest BCUT2D eigenvalue weighted by Crippen LogP contribution is -2.30. The van der Waals surface area contributed by atoms with Gasteiger partial charge in [-0.1, -0.05) is 12.1 Å². The molecule has 0 radical (unpaired) electrons. The fourth-order valence-electron chi connectivity index (χ4n) is 1.18. The lowest BCUT2D eigenvalue weighted by molar-refractivity contribution is -0.126. The predicted molar refractivity (Wildman–Crippen MR) is 59.3 cm³/mol. The smallest absolute Gasteiger partial charge is 0.255 e. The van der Waals surface area contributed by atoms with Crippen molar-refractivity contribution in [1.82, 2.24) is 0 Å². The summed E-state index contributed by atoms with van der Waals surface area (Å²) in [5.74, 6) is 4.69. The largest absolute Gasteiger partial charge is 0.324 e. The van der Waals surface area contributed by atoms with Crippen molar-refractivity contribution in [3.8, 4) is 0 Å². The van der Waals surface area contributed by atoms with Crippen LogP contribution in [0.3, 0.4) is 0 Å². The van der Waals surface area contributed by atoms with E-state index in [1.807, 2.05) is 32.0 Å². The molecule has 1 unspecified atom stereocenters. The number of amides is 1. The molecule has 0 spiro atoms. The maximum atomic E-state index is 11.5. The molecule has 1 atom stereocenters. The van der Waals surface area contributed by atoms with Crippen molar-refractivity contribution in [3.05, 3.63) is 29.3 Å². The van der Waals surface area contributed by atoms with Crippen LogP contribution in [0, 0.1) is 13.8 Å². The van der Waals surface area contributed by atoms with Gasteiger partial charge in [0.1, 0.15) is 0 Å². The predicted octanol–water partition coefficient (Wildman–Crippen LogP) is 1.52. The van der Waals surface area contributed by atoms with Crippen molar-refractivity contribution >= 4 is 11.6 Å². The molecule has 0 saturated heterocycles. The number of hydrogen-bond donors (Lipinski definition) is 2. The van der Waals surface area contributed by atoms with E-state index in [9.17, 15) is 4.79 Å². The number of carbonyl (C=O) groups excluding carboxylic acids is 1. The maximum Gasteiger partial charge on any atom is 0.255 e. The summed E-state index contributed by atoms with van der Waals surface area (Å²) < 4.78 is 0. The molecule has 1 aromatic rings. The maximum absolute atomic E-state index is 11.5. The van der Waals surface area contributed by atoms with Crippen LogP contribution in [0.15, 0.2) is 18.2 Å². The van der Waals surface area contributed by atoms with E-state index in [4.69, 9.17) is 5.90 Å². The number of anilines is 1. The fraction of sp³-hybridized carbons (Fsp3) is 0.364. The van der Waals surface area contributed by atoms with E-state index in [0.29, 0.717) is 0 Å². The summed E-state index contributed by atoms with van der Waals surface area (Å²) >= 11 is 0. The first kappa shape index (κ1) is 11.7. The SMILES string of the molecule is Cc1cccc(NC(=O)C(C)ON)c1C. The van der Waals surface area contributed by atoms with Crippen molar-refractivity contribution in [1.29, 1.82) is 0 Å². The van der Waals surface area contributed by atoms with Crippen LogP contribution in [0.4, 0.5) is 5.69 Å². The van der Waals surface area contributed by atoms with Crippen molar-refractivity contribution in [2.75, 3.05) is 5.32 Å². The lowest BCUT2D eigenvalue weighted by Gasteiger charge is -2.12. The summed E-state index contributed by atoms with van der Waals surface area (Å²) in [5.41, 5.74) is 2.98. The summed E-state index contributed by atoms with van der Waals surface area (Å²) in [7, 11) is 0. The van der Waals surface area contributed by atoms with Crippen molar-refractivity contribution < 1.29 is 9.63 Å². The third-order valence-corrected chi connectivity index (χ3v) is 2.44. The zero-order valence-corrected chi connectivity index (χ0v) is 9.20. The second-order valence-corrected chi connectivity index (χ2v) is 3.52. The molecule has 0 aromatic heterocycles. The monoisotopic (exact) mass is 208 g/mol. The molecule has 0 fully saturated rings. The molecule has 4 heteroatoms. The van der Waals surface area contributed by atoms with E-state index >= 15 is 0 Å². The molecule has 15 heavy (non-hydrogen) atoms. The third kappa shape index (κ3) is 2.78. The van der Waals surface area contributed by atoms with Gasteiger partial charge in [-0.3, -0.25) is 9.63 Å². The highest BCUT2D eigenvalue weighted by Crippen LogP contribution is 2.18. The highest BCUT2D eigenvalue weighted by atomic mass is 16.6. The van der Waals surface area contributed by atoms with Crippen molar-refractivity contribution in [2.45, 2.75) is 26.9 Å². The Bertz CT molecular complexity index is 364. The van der Waals surface area contributed by atoms with Crippen LogP contribution >= 0.6 is 0 Å². The van der Waals surface area contributed by atoms with Gasteiger partial charge in [0.05, 0.1) is 0 Å². The fourth-order valence-corrected chi connectivity index (χ4v) is 1.18.